The van der Waals surface area contributed by atoms with Crippen molar-refractivity contribution < 1.29 is 27.8 Å². The Labute approximate surface area is 301 Å². The molecule has 0 N–H and O–H groups in total. The van der Waals surface area contributed by atoms with Crippen LogP contribution in [0.4, 0.5) is 0 Å². The molecular formula is C44H52O7. The van der Waals surface area contributed by atoms with Crippen LogP contribution in [0.5, 0.6) is 5.75 Å². The van der Waals surface area contributed by atoms with Gasteiger partial charge in [0.25, 0.3) is 0 Å². The summed E-state index contributed by atoms with van der Waals surface area (Å²) in [5.74, 6) is -0.408. The predicted molar refractivity (Wildman–Crippen MR) is 202 cm³/mol. The number of hydrogen-bond acceptors (Lipinski definition) is 7. The lowest BCUT2D eigenvalue weighted by molar-refractivity contribution is -0.270. The Morgan fingerprint density at radius 2 is 1.51 bits per heavy atom. The van der Waals surface area contributed by atoms with Crippen LogP contribution < -0.4 is 10.4 Å². The van der Waals surface area contributed by atoms with Crippen LogP contribution in [0.2, 0.25) is 0 Å². The van der Waals surface area contributed by atoms with E-state index in [0.717, 1.165) is 91.9 Å². The van der Waals surface area contributed by atoms with Gasteiger partial charge in [0.2, 0.25) is 0 Å². The van der Waals surface area contributed by atoms with Crippen molar-refractivity contribution in [2.75, 3.05) is 0 Å². The molecular weight excluding hydrogens is 640 g/mol. The van der Waals surface area contributed by atoms with Gasteiger partial charge in [0, 0.05) is 34.5 Å². The second-order valence-corrected chi connectivity index (χ2v) is 15.7. The number of ether oxygens (including phenoxy) is 4. The monoisotopic (exact) mass is 692 g/mol. The molecule has 2 aromatic carbocycles. The van der Waals surface area contributed by atoms with Crippen molar-refractivity contribution in [1.29, 1.82) is 0 Å². The Balaban J connectivity index is 0.887. The standard InChI is InChI=1S/C44H52O7/c1-29(11-8-7-9-14-33-34-19-22-41(45)47-38(34)28-37-35(33)24-26-46-37)16-21-40-43(5,6)51-44(50-40)25-23-32-18-17-31(27-36(32)48-44)13-10-12-30(2)15-20-39-42(3,4)49-39/h11-12,17-19,22-28,39-40H,7-10,13-16,20-21H2,1-6H3/b29-11+,30-12+. The Morgan fingerprint density at radius 3 is 2.27 bits per heavy atom. The Hall–Kier alpha value is -3.91. The smallest absolute Gasteiger partial charge is 0.350 e. The normalized spacial score (nSPS) is 23.6. The topological polar surface area (TPSA) is 83.6 Å². The summed E-state index contributed by atoms with van der Waals surface area (Å²) < 4.78 is 36.4. The van der Waals surface area contributed by atoms with Crippen molar-refractivity contribution in [2.45, 2.75) is 135 Å². The predicted octanol–water partition coefficient (Wildman–Crippen LogP) is 10.8. The molecule has 2 fully saturated rings. The van der Waals surface area contributed by atoms with Crippen LogP contribution in [-0.4, -0.2) is 29.4 Å². The molecule has 2 saturated heterocycles. The molecule has 51 heavy (non-hydrogen) atoms. The summed E-state index contributed by atoms with van der Waals surface area (Å²) >= 11 is 0. The molecule has 4 aromatic rings. The maximum atomic E-state index is 11.8. The van der Waals surface area contributed by atoms with Gasteiger partial charge < -0.3 is 27.8 Å². The molecule has 0 radical (unpaired) electrons. The number of fused-ring (bicyclic) bond motifs is 3. The highest BCUT2D eigenvalue weighted by atomic mass is 16.9. The van der Waals surface area contributed by atoms with Gasteiger partial charge in [-0.15, -0.1) is 0 Å². The fraction of sp³-hybridized carbons (Fsp3) is 0.477. The number of unbranched alkanes of at least 4 members (excludes halogenated alkanes) is 2. The van der Waals surface area contributed by atoms with E-state index in [0.29, 0.717) is 11.7 Å². The molecule has 270 valence electrons. The van der Waals surface area contributed by atoms with Gasteiger partial charge >= 0.3 is 11.6 Å². The van der Waals surface area contributed by atoms with Crippen molar-refractivity contribution in [1.82, 2.24) is 0 Å². The molecule has 3 aliphatic rings. The van der Waals surface area contributed by atoms with Gasteiger partial charge in [0.05, 0.1) is 29.7 Å². The van der Waals surface area contributed by atoms with Gasteiger partial charge in [-0.25, -0.2) is 4.79 Å². The Kier molecular flexibility index (Phi) is 9.92. The first-order valence-corrected chi connectivity index (χ1v) is 18.7. The maximum Gasteiger partial charge on any atom is 0.350 e. The molecule has 7 heteroatoms. The van der Waals surface area contributed by atoms with Crippen molar-refractivity contribution in [3.63, 3.8) is 0 Å². The summed E-state index contributed by atoms with van der Waals surface area (Å²) in [4.78, 5) is 11.8. The van der Waals surface area contributed by atoms with Crippen molar-refractivity contribution in [3.05, 3.63) is 105 Å². The third-order valence-corrected chi connectivity index (χ3v) is 10.8. The van der Waals surface area contributed by atoms with E-state index in [1.54, 1.807) is 6.26 Å². The van der Waals surface area contributed by atoms with Crippen LogP contribution >= 0.6 is 0 Å². The zero-order valence-corrected chi connectivity index (χ0v) is 31.0. The molecule has 7 nitrogen and oxygen atoms in total. The largest absolute Gasteiger partial charge is 0.464 e. The van der Waals surface area contributed by atoms with Crippen LogP contribution in [-0.2, 0) is 27.1 Å². The zero-order chi connectivity index (χ0) is 35.8. The van der Waals surface area contributed by atoms with Crippen molar-refractivity contribution >= 4 is 28.0 Å². The molecule has 2 aromatic heterocycles. The number of aryl methyl sites for hydroxylation is 2. The lowest BCUT2D eigenvalue weighted by Crippen LogP contribution is -2.38. The molecule has 3 atom stereocenters. The highest BCUT2D eigenvalue weighted by Crippen LogP contribution is 2.44. The molecule has 0 amide bonds. The van der Waals surface area contributed by atoms with Gasteiger partial charge in [0.15, 0.2) is 0 Å². The minimum absolute atomic E-state index is 0.0636. The first kappa shape index (κ1) is 35.5. The number of benzene rings is 2. The lowest BCUT2D eigenvalue weighted by Gasteiger charge is -2.30. The lowest BCUT2D eigenvalue weighted by atomic mass is 9.95. The van der Waals surface area contributed by atoms with E-state index in [1.807, 2.05) is 24.3 Å². The summed E-state index contributed by atoms with van der Waals surface area (Å²) in [5, 5.41) is 2.06. The summed E-state index contributed by atoms with van der Waals surface area (Å²) in [7, 11) is 0. The van der Waals surface area contributed by atoms with E-state index in [9.17, 15) is 4.79 Å². The first-order valence-electron chi connectivity index (χ1n) is 18.7. The van der Waals surface area contributed by atoms with E-state index >= 15 is 0 Å². The van der Waals surface area contributed by atoms with Crippen LogP contribution in [0.15, 0.2) is 91.7 Å². The molecule has 3 aliphatic heterocycles. The highest BCUT2D eigenvalue weighted by Gasteiger charge is 2.54. The Bertz CT molecular complexity index is 2040. The van der Waals surface area contributed by atoms with E-state index in [1.165, 1.54) is 28.3 Å². The quantitative estimate of drug-likeness (QED) is 0.0563. The second kappa shape index (κ2) is 14.3. The SMILES string of the molecule is C/C(=C\CCc1ccc2c(c1)OC1(C=C2)OC(CC/C(C)=C/CCCCc2c3ccoc3cc3oc(=O)ccc23)C(C)(C)O1)CCC1OC1(C)C. The number of rotatable bonds is 14. The van der Waals surface area contributed by atoms with E-state index in [2.05, 4.69) is 78.0 Å². The fourth-order valence-corrected chi connectivity index (χ4v) is 7.60. The summed E-state index contributed by atoms with van der Waals surface area (Å²) in [5.41, 5.74) is 6.78. The third kappa shape index (κ3) is 8.11. The molecule has 0 saturated carbocycles. The summed E-state index contributed by atoms with van der Waals surface area (Å²) in [6.45, 7) is 12.9. The van der Waals surface area contributed by atoms with Gasteiger partial charge in [-0.2, -0.15) is 0 Å². The van der Waals surface area contributed by atoms with Crippen molar-refractivity contribution in [3.8, 4) is 5.75 Å². The Morgan fingerprint density at radius 1 is 0.784 bits per heavy atom. The summed E-state index contributed by atoms with van der Waals surface area (Å²) in [6, 6.07) is 13.6. The molecule has 0 bridgehead atoms. The first-order chi connectivity index (χ1) is 24.4. The van der Waals surface area contributed by atoms with Gasteiger partial charge in [-0.3, -0.25) is 0 Å². The van der Waals surface area contributed by atoms with E-state index < -0.39 is 11.6 Å². The van der Waals surface area contributed by atoms with E-state index in [4.69, 9.17) is 27.8 Å². The summed E-state index contributed by atoms with van der Waals surface area (Å²) in [6.07, 6.45) is 20.5. The van der Waals surface area contributed by atoms with Crippen LogP contribution in [0.25, 0.3) is 28.0 Å². The number of hydrogen-bond donors (Lipinski definition) is 0. The van der Waals surface area contributed by atoms with Crippen LogP contribution in [0.3, 0.4) is 0 Å². The van der Waals surface area contributed by atoms with Crippen LogP contribution in [0.1, 0.15) is 110 Å². The van der Waals surface area contributed by atoms with Gasteiger partial charge in [-0.05, 0) is 141 Å². The molecule has 7 rings (SSSR count). The zero-order valence-electron chi connectivity index (χ0n) is 31.0. The molecule has 0 aliphatic carbocycles. The molecule has 5 heterocycles. The fourth-order valence-electron chi connectivity index (χ4n) is 7.60. The maximum absolute atomic E-state index is 11.8. The number of epoxide rings is 1. The third-order valence-electron chi connectivity index (χ3n) is 10.8. The van der Waals surface area contributed by atoms with Crippen LogP contribution in [0, 0.1) is 0 Å². The molecule has 3 unspecified atom stereocenters. The minimum Gasteiger partial charge on any atom is -0.464 e. The van der Waals surface area contributed by atoms with E-state index in [-0.39, 0.29) is 17.3 Å². The second-order valence-electron chi connectivity index (χ2n) is 15.7. The van der Waals surface area contributed by atoms with Gasteiger partial charge in [-0.1, -0.05) is 35.4 Å². The molecule has 1 spiro atoms. The van der Waals surface area contributed by atoms with Gasteiger partial charge in [0.1, 0.15) is 16.9 Å². The number of furan rings is 1. The van der Waals surface area contributed by atoms with Crippen molar-refractivity contribution in [2.24, 2.45) is 0 Å². The minimum atomic E-state index is -1.21. The highest BCUT2D eigenvalue weighted by molar-refractivity contribution is 5.97. The number of allylic oxidation sites excluding steroid dienone is 4. The average Bonchev–Trinajstić information content (AvgIpc) is 3.34. The average molecular weight is 693 g/mol.